The average molecular weight is 475 g/mol. The monoisotopic (exact) mass is 474 g/mol. The van der Waals surface area contributed by atoms with Gasteiger partial charge in [0.2, 0.25) is 0 Å². The minimum Gasteiger partial charge on any atom is -0.550 e. The molecule has 4 nitrogen and oxygen atoms in total. The van der Waals surface area contributed by atoms with Crippen LogP contribution in [0.25, 0.3) is 0 Å². The number of rotatable bonds is 21. The Morgan fingerprint density at radius 2 is 0.733 bits per heavy atom. The molecule has 0 aliphatic carbocycles. The zero-order valence-electron chi connectivity index (χ0n) is 20.5. The number of hydrogen-bond donors (Lipinski definition) is 0. The van der Waals surface area contributed by atoms with Crippen LogP contribution in [-0.4, -0.2) is 11.9 Å². The molecule has 0 aromatic heterocycles. The number of carboxylic acid groups (broad SMARTS) is 2. The van der Waals surface area contributed by atoms with Gasteiger partial charge in [-0.2, -0.15) is 0 Å². The van der Waals surface area contributed by atoms with E-state index in [4.69, 9.17) is 0 Å². The van der Waals surface area contributed by atoms with Crippen molar-refractivity contribution in [3.63, 3.8) is 0 Å². The van der Waals surface area contributed by atoms with Crippen LogP contribution < -0.4 is 113 Å². The smallest absolute Gasteiger partial charge is 0.550 e. The molecule has 0 saturated carbocycles. The first-order chi connectivity index (χ1) is 13.5. The van der Waals surface area contributed by atoms with Gasteiger partial charge < -0.3 is 19.8 Å². The maximum absolute atomic E-state index is 11.3. The van der Waals surface area contributed by atoms with Crippen molar-refractivity contribution in [2.75, 3.05) is 0 Å². The molecule has 2 atom stereocenters. The van der Waals surface area contributed by atoms with Crippen molar-refractivity contribution in [2.45, 2.75) is 129 Å². The van der Waals surface area contributed by atoms with Gasteiger partial charge in [0.05, 0.1) is 0 Å². The standard InChI is InChI=1S/C24H46O4.2K/c1-3-5-7-9-11-13-17-21(23(25)26)19-15-16-20-22(24(27)28)18-14-12-10-8-6-4-2;;/h21-22H,3-20H2,1-2H3,(H,25,26)(H,27,28);;/q;2*+1/p-2. The Balaban J connectivity index is -0.00000364. The van der Waals surface area contributed by atoms with E-state index in [2.05, 4.69) is 13.8 Å². The van der Waals surface area contributed by atoms with Gasteiger partial charge >= 0.3 is 103 Å². The van der Waals surface area contributed by atoms with Crippen LogP contribution in [-0.2, 0) is 9.59 Å². The molecule has 0 aromatic rings. The molecule has 0 aromatic carbocycles. The molecule has 0 heterocycles. The van der Waals surface area contributed by atoms with Gasteiger partial charge in [-0.25, -0.2) is 0 Å². The third-order valence-corrected chi connectivity index (χ3v) is 5.83. The van der Waals surface area contributed by atoms with Gasteiger partial charge in [0.1, 0.15) is 0 Å². The summed E-state index contributed by atoms with van der Waals surface area (Å²) in [5.74, 6) is -2.66. The molecule has 0 fully saturated rings. The quantitative estimate of drug-likeness (QED) is 0.154. The second-order valence-electron chi connectivity index (χ2n) is 8.43. The summed E-state index contributed by atoms with van der Waals surface area (Å²) in [6, 6.07) is 0. The third-order valence-electron chi connectivity index (χ3n) is 5.83. The Morgan fingerprint density at radius 3 is 1.00 bits per heavy atom. The number of carboxylic acids is 2. The maximum atomic E-state index is 11.3. The molecule has 0 amide bonds. The van der Waals surface area contributed by atoms with E-state index < -0.39 is 11.9 Å². The van der Waals surface area contributed by atoms with E-state index in [1.807, 2.05) is 0 Å². The van der Waals surface area contributed by atoms with E-state index in [0.717, 1.165) is 38.5 Å². The molecule has 0 radical (unpaired) electrons. The molecule has 0 aliphatic heterocycles. The largest absolute Gasteiger partial charge is 1.00 e. The summed E-state index contributed by atoms with van der Waals surface area (Å²) in [7, 11) is 0. The first-order valence-corrected chi connectivity index (χ1v) is 11.9. The Labute approximate surface area is 271 Å². The van der Waals surface area contributed by atoms with Crippen molar-refractivity contribution in [3.05, 3.63) is 0 Å². The molecule has 6 heteroatoms. The van der Waals surface area contributed by atoms with E-state index in [0.29, 0.717) is 25.7 Å². The minimum atomic E-state index is -0.947. The molecule has 0 saturated heterocycles. The molecule has 0 rings (SSSR count). The molecule has 0 aliphatic rings. The maximum Gasteiger partial charge on any atom is 1.00 e. The summed E-state index contributed by atoms with van der Waals surface area (Å²) in [5.41, 5.74) is 0. The van der Waals surface area contributed by atoms with E-state index in [1.165, 1.54) is 51.4 Å². The molecule has 2 unspecified atom stereocenters. The van der Waals surface area contributed by atoms with Crippen molar-refractivity contribution in [2.24, 2.45) is 11.8 Å². The first kappa shape index (κ1) is 36.8. The second-order valence-corrected chi connectivity index (χ2v) is 8.43. The van der Waals surface area contributed by atoms with E-state index in [9.17, 15) is 19.8 Å². The van der Waals surface area contributed by atoms with Gasteiger partial charge in [-0.05, 0) is 37.5 Å². The van der Waals surface area contributed by atoms with E-state index >= 15 is 0 Å². The molecule has 0 N–H and O–H groups in total. The SMILES string of the molecule is CCCCCCCCC(CCCCC(CCCCCCCC)C(=O)[O-])C(=O)[O-].[K+].[K+]. The molecule has 0 bridgehead atoms. The van der Waals surface area contributed by atoms with Crippen LogP contribution in [0.1, 0.15) is 129 Å². The predicted molar refractivity (Wildman–Crippen MR) is 111 cm³/mol. The van der Waals surface area contributed by atoms with Crippen molar-refractivity contribution >= 4 is 11.9 Å². The fraction of sp³-hybridized carbons (Fsp3) is 0.917. The number of hydrogen-bond acceptors (Lipinski definition) is 4. The fourth-order valence-electron chi connectivity index (χ4n) is 3.88. The third kappa shape index (κ3) is 23.4. The van der Waals surface area contributed by atoms with Gasteiger partial charge in [0.25, 0.3) is 0 Å². The van der Waals surface area contributed by atoms with Crippen molar-refractivity contribution in [3.8, 4) is 0 Å². The Morgan fingerprint density at radius 1 is 0.500 bits per heavy atom. The van der Waals surface area contributed by atoms with Crippen LogP contribution in [0.5, 0.6) is 0 Å². The van der Waals surface area contributed by atoms with Crippen LogP contribution in [0.4, 0.5) is 0 Å². The Bertz CT molecular complexity index is 355. The zero-order valence-corrected chi connectivity index (χ0v) is 26.8. The number of aliphatic carboxylic acids is 2. The van der Waals surface area contributed by atoms with Crippen LogP contribution in [0.2, 0.25) is 0 Å². The van der Waals surface area contributed by atoms with Gasteiger partial charge in [0.15, 0.2) is 0 Å². The summed E-state index contributed by atoms with van der Waals surface area (Å²) < 4.78 is 0. The molecule has 0 spiro atoms. The Hall–Kier alpha value is 2.21. The van der Waals surface area contributed by atoms with Gasteiger partial charge in [0, 0.05) is 11.9 Å². The molecule has 30 heavy (non-hydrogen) atoms. The van der Waals surface area contributed by atoms with Gasteiger partial charge in [-0.15, -0.1) is 0 Å². The van der Waals surface area contributed by atoms with E-state index in [-0.39, 0.29) is 115 Å². The fourth-order valence-corrected chi connectivity index (χ4v) is 3.88. The summed E-state index contributed by atoms with van der Waals surface area (Å²) in [4.78, 5) is 22.7. The predicted octanol–water partition coefficient (Wildman–Crippen LogP) is -1.21. The van der Waals surface area contributed by atoms with Crippen LogP contribution in [0, 0.1) is 11.8 Å². The minimum absolute atomic E-state index is 0. The van der Waals surface area contributed by atoms with Crippen molar-refractivity contribution in [1.82, 2.24) is 0 Å². The van der Waals surface area contributed by atoms with Crippen LogP contribution in [0.3, 0.4) is 0 Å². The van der Waals surface area contributed by atoms with Gasteiger partial charge in [-0.1, -0.05) is 104 Å². The zero-order chi connectivity index (χ0) is 21.0. The molecular weight excluding hydrogens is 430 g/mol. The number of unbranched alkanes of at least 4 members (excludes halogenated alkanes) is 11. The van der Waals surface area contributed by atoms with Gasteiger partial charge in [-0.3, -0.25) is 0 Å². The summed E-state index contributed by atoms with van der Waals surface area (Å²) in [6.45, 7) is 4.37. The number of carbonyl (C=O) groups excluding carboxylic acids is 2. The average Bonchev–Trinajstić information content (AvgIpc) is 2.66. The van der Waals surface area contributed by atoms with Crippen LogP contribution in [0.15, 0.2) is 0 Å². The number of carbonyl (C=O) groups is 2. The first-order valence-electron chi connectivity index (χ1n) is 11.9. The normalized spacial score (nSPS) is 12.5. The van der Waals surface area contributed by atoms with E-state index in [1.54, 1.807) is 0 Å². The summed E-state index contributed by atoms with van der Waals surface area (Å²) >= 11 is 0. The molecular formula is C24H44K2O4. The summed E-state index contributed by atoms with van der Waals surface area (Å²) in [6.07, 6.45) is 17.9. The second kappa shape index (κ2) is 27.5. The Kier molecular flexibility index (Phi) is 33.7. The van der Waals surface area contributed by atoms with Crippen molar-refractivity contribution in [1.29, 1.82) is 0 Å². The summed E-state index contributed by atoms with van der Waals surface area (Å²) in [5, 5.41) is 22.7. The van der Waals surface area contributed by atoms with Crippen molar-refractivity contribution < 1.29 is 123 Å². The van der Waals surface area contributed by atoms with Crippen LogP contribution >= 0.6 is 0 Å². The molecule has 166 valence electrons. The topological polar surface area (TPSA) is 80.3 Å².